The smallest absolute Gasteiger partial charge is 0.407 e. The second-order valence-electron chi connectivity index (χ2n) is 9.07. The molecule has 3 amide bonds. The van der Waals surface area contributed by atoms with Crippen LogP contribution in [0.5, 0.6) is 0 Å². The standard InChI is InChI=1S/C23H33N5O4/c1-23(2,3)32-22(31)26-16-11-14-27(15-16)21(24-4)25-12-7-8-13-28-19(29)17-9-5-6-10-18(17)20(28)30/h5-6,9-10,16H,7-8,11-15H2,1-4H3,(H,24,25)(H,26,31). The number of carbonyl (C=O) groups excluding carboxylic acids is 3. The highest BCUT2D eigenvalue weighted by Crippen LogP contribution is 2.22. The molecule has 0 spiro atoms. The SMILES string of the molecule is CN=C(NCCCCN1C(=O)c2ccccc2C1=O)N1CCC(NC(=O)OC(C)(C)C)C1. The number of carbonyl (C=O) groups is 3. The predicted molar refractivity (Wildman–Crippen MR) is 122 cm³/mol. The highest BCUT2D eigenvalue weighted by atomic mass is 16.6. The summed E-state index contributed by atoms with van der Waals surface area (Å²) in [7, 11) is 1.73. The van der Waals surface area contributed by atoms with Crippen molar-refractivity contribution in [2.24, 2.45) is 4.99 Å². The first-order valence-corrected chi connectivity index (χ1v) is 11.1. The first kappa shape index (κ1) is 23.6. The minimum absolute atomic E-state index is 0.0113. The van der Waals surface area contributed by atoms with Crippen molar-refractivity contribution in [1.29, 1.82) is 0 Å². The highest BCUT2D eigenvalue weighted by molar-refractivity contribution is 6.21. The van der Waals surface area contributed by atoms with Crippen molar-refractivity contribution in [3.8, 4) is 0 Å². The maximum atomic E-state index is 12.4. The summed E-state index contributed by atoms with van der Waals surface area (Å²) < 4.78 is 5.33. The van der Waals surface area contributed by atoms with Crippen LogP contribution in [-0.2, 0) is 4.74 Å². The summed E-state index contributed by atoms with van der Waals surface area (Å²) in [6.07, 6.45) is 1.91. The molecule has 174 valence electrons. The lowest BCUT2D eigenvalue weighted by Crippen LogP contribution is -2.44. The van der Waals surface area contributed by atoms with Crippen LogP contribution in [-0.4, -0.2) is 78.5 Å². The Balaban J connectivity index is 1.37. The molecule has 3 rings (SSSR count). The fourth-order valence-electron chi connectivity index (χ4n) is 3.91. The van der Waals surface area contributed by atoms with E-state index in [1.165, 1.54) is 4.90 Å². The number of likely N-dealkylation sites (tertiary alicyclic amines) is 1. The van der Waals surface area contributed by atoms with Crippen LogP contribution in [0.4, 0.5) is 4.79 Å². The van der Waals surface area contributed by atoms with Gasteiger partial charge in [-0.05, 0) is 52.2 Å². The van der Waals surface area contributed by atoms with Crippen LogP contribution >= 0.6 is 0 Å². The van der Waals surface area contributed by atoms with E-state index < -0.39 is 11.7 Å². The number of nitrogens with zero attached hydrogens (tertiary/aromatic N) is 3. The molecule has 1 fully saturated rings. The molecule has 2 heterocycles. The van der Waals surface area contributed by atoms with E-state index in [1.54, 1.807) is 31.3 Å². The Kier molecular flexibility index (Phi) is 7.37. The summed E-state index contributed by atoms with van der Waals surface area (Å²) in [5.41, 5.74) is 0.451. The van der Waals surface area contributed by atoms with Gasteiger partial charge in [0.1, 0.15) is 5.60 Å². The zero-order chi connectivity index (χ0) is 23.3. The van der Waals surface area contributed by atoms with Crippen molar-refractivity contribution in [2.75, 3.05) is 33.2 Å². The van der Waals surface area contributed by atoms with Crippen molar-refractivity contribution in [2.45, 2.75) is 51.7 Å². The number of benzene rings is 1. The third-order valence-corrected chi connectivity index (χ3v) is 5.39. The second-order valence-corrected chi connectivity index (χ2v) is 9.07. The minimum Gasteiger partial charge on any atom is -0.444 e. The number of ether oxygens (including phenoxy) is 1. The molecule has 0 saturated carbocycles. The van der Waals surface area contributed by atoms with E-state index in [2.05, 4.69) is 20.5 Å². The molecule has 1 aromatic carbocycles. The monoisotopic (exact) mass is 443 g/mol. The van der Waals surface area contributed by atoms with Gasteiger partial charge in [-0.15, -0.1) is 0 Å². The average molecular weight is 444 g/mol. The molecule has 9 nitrogen and oxygen atoms in total. The molecule has 1 atom stereocenters. The van der Waals surface area contributed by atoms with E-state index in [0.717, 1.165) is 25.3 Å². The zero-order valence-electron chi connectivity index (χ0n) is 19.3. The molecule has 0 bridgehead atoms. The molecule has 0 radical (unpaired) electrons. The Morgan fingerprint density at radius 2 is 1.81 bits per heavy atom. The number of amides is 3. The van der Waals surface area contributed by atoms with Gasteiger partial charge >= 0.3 is 6.09 Å². The van der Waals surface area contributed by atoms with Crippen LogP contribution in [0.1, 0.15) is 60.7 Å². The summed E-state index contributed by atoms with van der Waals surface area (Å²) in [5, 5.41) is 6.24. The van der Waals surface area contributed by atoms with Gasteiger partial charge in [0.25, 0.3) is 11.8 Å². The summed E-state index contributed by atoms with van der Waals surface area (Å²) in [5.74, 6) is 0.351. The average Bonchev–Trinajstić information content (AvgIpc) is 3.27. The van der Waals surface area contributed by atoms with E-state index in [0.29, 0.717) is 37.2 Å². The normalized spacial score (nSPS) is 18.8. The fraction of sp³-hybridized carbons (Fsp3) is 0.565. The molecule has 9 heteroatoms. The van der Waals surface area contributed by atoms with E-state index >= 15 is 0 Å². The molecule has 2 aliphatic rings. The van der Waals surface area contributed by atoms with E-state index in [4.69, 9.17) is 4.74 Å². The number of hydrogen-bond donors (Lipinski definition) is 2. The Morgan fingerprint density at radius 1 is 1.16 bits per heavy atom. The van der Waals surface area contributed by atoms with Crippen molar-refractivity contribution in [3.05, 3.63) is 35.4 Å². The summed E-state index contributed by atoms with van der Waals surface area (Å²) in [6.45, 7) is 8.05. The first-order valence-electron chi connectivity index (χ1n) is 11.1. The van der Waals surface area contributed by atoms with E-state index in [-0.39, 0.29) is 17.9 Å². The summed E-state index contributed by atoms with van der Waals surface area (Å²) in [6, 6.07) is 6.95. The third kappa shape index (κ3) is 5.77. The first-order chi connectivity index (χ1) is 15.2. The lowest BCUT2D eigenvalue weighted by atomic mass is 10.1. The number of imide groups is 1. The van der Waals surface area contributed by atoms with Crippen molar-refractivity contribution < 1.29 is 19.1 Å². The fourth-order valence-corrected chi connectivity index (χ4v) is 3.91. The number of guanidine groups is 1. The second kappa shape index (κ2) is 10.0. The Bertz CT molecular complexity index is 858. The lowest BCUT2D eigenvalue weighted by Gasteiger charge is -2.23. The highest BCUT2D eigenvalue weighted by Gasteiger charge is 2.34. The lowest BCUT2D eigenvalue weighted by molar-refractivity contribution is 0.0506. The van der Waals surface area contributed by atoms with Crippen LogP contribution < -0.4 is 10.6 Å². The maximum absolute atomic E-state index is 12.4. The molecule has 1 unspecified atom stereocenters. The van der Waals surface area contributed by atoms with Crippen molar-refractivity contribution >= 4 is 23.9 Å². The third-order valence-electron chi connectivity index (χ3n) is 5.39. The number of hydrogen-bond acceptors (Lipinski definition) is 5. The molecule has 1 saturated heterocycles. The van der Waals surface area contributed by atoms with Gasteiger partial charge in [-0.25, -0.2) is 4.79 Å². The van der Waals surface area contributed by atoms with Gasteiger partial charge in [0, 0.05) is 33.2 Å². The van der Waals surface area contributed by atoms with Crippen LogP contribution in [0.15, 0.2) is 29.3 Å². The van der Waals surface area contributed by atoms with Gasteiger partial charge in [0.15, 0.2) is 5.96 Å². The zero-order valence-corrected chi connectivity index (χ0v) is 19.3. The van der Waals surface area contributed by atoms with Gasteiger partial charge in [0.05, 0.1) is 17.2 Å². The molecule has 1 aromatic rings. The molecule has 32 heavy (non-hydrogen) atoms. The van der Waals surface area contributed by atoms with E-state index in [1.807, 2.05) is 20.8 Å². The van der Waals surface area contributed by atoms with Crippen molar-refractivity contribution in [1.82, 2.24) is 20.4 Å². The number of fused-ring (bicyclic) bond motifs is 1. The van der Waals surface area contributed by atoms with Gasteiger partial charge in [-0.2, -0.15) is 0 Å². The Labute approximate surface area is 189 Å². The maximum Gasteiger partial charge on any atom is 0.407 e. The molecular weight excluding hydrogens is 410 g/mol. The quantitative estimate of drug-likeness (QED) is 0.303. The number of rotatable bonds is 6. The van der Waals surface area contributed by atoms with Gasteiger partial charge in [0.2, 0.25) is 0 Å². The largest absolute Gasteiger partial charge is 0.444 e. The van der Waals surface area contributed by atoms with Gasteiger partial charge < -0.3 is 20.3 Å². The number of aliphatic imine (C=N–C) groups is 1. The molecular formula is C23H33N5O4. The van der Waals surface area contributed by atoms with Crippen LogP contribution in [0.3, 0.4) is 0 Å². The molecule has 0 aromatic heterocycles. The predicted octanol–water partition coefficient (Wildman–Crippen LogP) is 2.24. The number of alkyl carbamates (subject to hydrolysis) is 1. The van der Waals surface area contributed by atoms with Gasteiger partial charge in [-0.3, -0.25) is 19.5 Å². The van der Waals surface area contributed by atoms with E-state index in [9.17, 15) is 14.4 Å². The minimum atomic E-state index is -0.521. The van der Waals surface area contributed by atoms with Crippen LogP contribution in [0.25, 0.3) is 0 Å². The Morgan fingerprint density at radius 3 is 2.41 bits per heavy atom. The number of unbranched alkanes of at least 4 members (excludes halogenated alkanes) is 1. The van der Waals surface area contributed by atoms with Crippen LogP contribution in [0, 0.1) is 0 Å². The van der Waals surface area contributed by atoms with Crippen LogP contribution in [0.2, 0.25) is 0 Å². The van der Waals surface area contributed by atoms with Crippen molar-refractivity contribution in [3.63, 3.8) is 0 Å². The Hall–Kier alpha value is -3.10. The number of nitrogens with one attached hydrogen (secondary N) is 2. The molecule has 2 aliphatic heterocycles. The summed E-state index contributed by atoms with van der Waals surface area (Å²) >= 11 is 0. The topological polar surface area (TPSA) is 103 Å². The summed E-state index contributed by atoms with van der Waals surface area (Å²) in [4.78, 5) is 44.6. The molecule has 0 aliphatic carbocycles. The molecule has 2 N–H and O–H groups in total. The van der Waals surface area contributed by atoms with Gasteiger partial charge in [-0.1, -0.05) is 12.1 Å².